The van der Waals surface area contributed by atoms with Crippen LogP contribution in [0.4, 0.5) is 11.4 Å². The summed E-state index contributed by atoms with van der Waals surface area (Å²) in [6, 6.07) is 7.98. The molecule has 400 valence electrons. The van der Waals surface area contributed by atoms with Crippen molar-refractivity contribution in [2.75, 3.05) is 36.0 Å². The van der Waals surface area contributed by atoms with E-state index in [9.17, 15) is 9.59 Å². The van der Waals surface area contributed by atoms with Gasteiger partial charge >= 0.3 is 11.9 Å². The summed E-state index contributed by atoms with van der Waals surface area (Å²) in [4.78, 5) is 52.5. The topological polar surface area (TPSA) is 148 Å². The zero-order valence-electron chi connectivity index (χ0n) is 46.3. The van der Waals surface area contributed by atoms with Crippen LogP contribution in [0.3, 0.4) is 0 Å². The van der Waals surface area contributed by atoms with Crippen LogP contribution in [0.1, 0.15) is 181 Å². The molecule has 7 heterocycles. The summed E-state index contributed by atoms with van der Waals surface area (Å²) in [5.74, 6) is -0.101. The van der Waals surface area contributed by atoms with Crippen LogP contribution in [0.2, 0.25) is 0 Å². The molecule has 2 unspecified atom stereocenters. The first-order chi connectivity index (χ1) is 35.0. The Balaban J connectivity index is 0.893. The van der Waals surface area contributed by atoms with Gasteiger partial charge in [-0.05, 0) is 160 Å². The maximum Gasteiger partial charge on any atom is 0.342 e. The quantitative estimate of drug-likeness (QED) is 0.104. The van der Waals surface area contributed by atoms with Crippen molar-refractivity contribution in [2.24, 2.45) is 16.7 Å². The van der Waals surface area contributed by atoms with E-state index in [1.165, 1.54) is 12.8 Å². The molecule has 14 nitrogen and oxygen atoms in total. The van der Waals surface area contributed by atoms with Crippen molar-refractivity contribution in [3.05, 3.63) is 71.6 Å². The van der Waals surface area contributed by atoms with Crippen molar-refractivity contribution < 1.29 is 38.0 Å². The smallest absolute Gasteiger partial charge is 0.342 e. The Morgan fingerprint density at radius 3 is 1.78 bits per heavy atom. The van der Waals surface area contributed by atoms with Gasteiger partial charge in [0, 0.05) is 86.1 Å². The first-order valence-corrected chi connectivity index (χ1v) is 27.5. The molecular formula is C60H82N6O8. The molecule has 0 N–H and O–H groups in total. The summed E-state index contributed by atoms with van der Waals surface area (Å²) in [7, 11) is 0. The number of hydrogen-bond donors (Lipinski definition) is 0. The Bertz CT molecular complexity index is 2620. The van der Waals surface area contributed by atoms with E-state index in [1.807, 2.05) is 84.4 Å². The molecule has 9 rings (SSSR count). The molecule has 3 saturated heterocycles. The molecule has 74 heavy (non-hydrogen) atoms. The summed E-state index contributed by atoms with van der Waals surface area (Å²) < 4.78 is 38.0. The van der Waals surface area contributed by atoms with Gasteiger partial charge in [-0.3, -0.25) is 19.9 Å². The van der Waals surface area contributed by atoms with Crippen molar-refractivity contribution in [1.82, 2.24) is 19.9 Å². The minimum atomic E-state index is -1.04. The van der Waals surface area contributed by atoms with Gasteiger partial charge in [0.15, 0.2) is 12.2 Å². The Hall–Kier alpha value is -5.34. The summed E-state index contributed by atoms with van der Waals surface area (Å²) >= 11 is 0. The highest BCUT2D eigenvalue weighted by atomic mass is 16.8. The molecule has 0 aromatic carbocycles. The third-order valence-electron chi connectivity index (χ3n) is 16.0. The monoisotopic (exact) mass is 1010 g/mol. The zero-order chi connectivity index (χ0) is 52.7. The van der Waals surface area contributed by atoms with Crippen LogP contribution in [0.15, 0.2) is 49.1 Å². The number of aromatic nitrogens is 4. The number of anilines is 2. The van der Waals surface area contributed by atoms with Crippen molar-refractivity contribution in [2.45, 2.75) is 202 Å². The van der Waals surface area contributed by atoms with E-state index in [0.717, 1.165) is 146 Å². The Labute approximate surface area is 440 Å². The largest absolute Gasteiger partial charge is 0.489 e. The molecule has 0 radical (unpaired) electrons. The van der Waals surface area contributed by atoms with Crippen molar-refractivity contribution in [1.29, 1.82) is 0 Å². The summed E-state index contributed by atoms with van der Waals surface area (Å²) in [5.41, 5.74) is 7.78. The third-order valence-corrected chi connectivity index (χ3v) is 16.0. The van der Waals surface area contributed by atoms with Gasteiger partial charge in [0.1, 0.15) is 11.5 Å². The highest BCUT2D eigenvalue weighted by molar-refractivity contribution is 5.88. The van der Waals surface area contributed by atoms with Gasteiger partial charge in [-0.1, -0.05) is 27.7 Å². The van der Waals surface area contributed by atoms with Gasteiger partial charge in [-0.15, -0.1) is 0 Å². The SMILES string of the molecule is Cc1ncc(-c2ccc(OC3CCCC3)cn2)c(N2CCC(C)(C)CC2)c1[C@H](OC(C)(C)C)C(=O)OC(C)C[C@@H]1CCC(Oc2ccc(-c3cnc(C)c([C@@H]4OC(C)(C)OC4=O)c3N3CCC(C)(C)CC3)nc2)C1. The van der Waals surface area contributed by atoms with Gasteiger partial charge in [0.2, 0.25) is 5.79 Å². The lowest BCUT2D eigenvalue weighted by atomic mass is 9.82. The average Bonchev–Trinajstić information content (AvgIpc) is 4.08. The first kappa shape index (κ1) is 53.5. The van der Waals surface area contributed by atoms with Crippen molar-refractivity contribution in [3.8, 4) is 34.0 Å². The lowest BCUT2D eigenvalue weighted by Crippen LogP contribution is -2.39. The second-order valence-corrected chi connectivity index (χ2v) is 25.0. The van der Waals surface area contributed by atoms with Gasteiger partial charge in [0.25, 0.3) is 0 Å². The summed E-state index contributed by atoms with van der Waals surface area (Å²) in [6.45, 7) is 28.0. The second-order valence-electron chi connectivity index (χ2n) is 25.0. The molecule has 2 aliphatic carbocycles. The van der Waals surface area contributed by atoms with E-state index in [4.69, 9.17) is 48.4 Å². The zero-order valence-corrected chi connectivity index (χ0v) is 46.3. The second kappa shape index (κ2) is 21.4. The number of cyclic esters (lactones) is 1. The van der Waals surface area contributed by atoms with Gasteiger partial charge in [-0.2, -0.15) is 0 Å². The van der Waals surface area contributed by atoms with Gasteiger partial charge < -0.3 is 38.2 Å². The van der Waals surface area contributed by atoms with Gasteiger partial charge in [0.05, 0.1) is 59.1 Å². The molecule has 5 aliphatic rings. The van der Waals surface area contributed by atoms with Crippen LogP contribution in [-0.2, 0) is 28.5 Å². The number of esters is 2. The van der Waals surface area contributed by atoms with Crippen LogP contribution in [0.25, 0.3) is 22.5 Å². The predicted molar refractivity (Wildman–Crippen MR) is 287 cm³/mol. The normalized spacial score (nSPS) is 23.6. The lowest BCUT2D eigenvalue weighted by molar-refractivity contribution is -0.172. The molecule has 5 atom stereocenters. The molecule has 0 bridgehead atoms. The number of carbonyl (C=O) groups excluding carboxylic acids is 2. The van der Waals surface area contributed by atoms with Crippen LogP contribution in [-0.4, -0.2) is 87.8 Å². The van der Waals surface area contributed by atoms with E-state index in [1.54, 1.807) is 20.0 Å². The van der Waals surface area contributed by atoms with E-state index < -0.39 is 35.5 Å². The summed E-state index contributed by atoms with van der Waals surface area (Å²) in [5, 5.41) is 0. The highest BCUT2D eigenvalue weighted by Crippen LogP contribution is 2.47. The molecule has 4 aromatic heterocycles. The van der Waals surface area contributed by atoms with Crippen LogP contribution < -0.4 is 19.3 Å². The van der Waals surface area contributed by atoms with Crippen molar-refractivity contribution in [3.63, 3.8) is 0 Å². The van der Waals surface area contributed by atoms with Crippen LogP contribution in [0.5, 0.6) is 11.5 Å². The Morgan fingerprint density at radius 1 is 0.716 bits per heavy atom. The third kappa shape index (κ3) is 12.5. The minimum absolute atomic E-state index is 0.00759. The fourth-order valence-electron chi connectivity index (χ4n) is 11.7. The molecule has 14 heteroatoms. The van der Waals surface area contributed by atoms with Gasteiger partial charge in [-0.25, -0.2) is 9.59 Å². The number of nitrogens with zero attached hydrogens (tertiary/aromatic N) is 6. The first-order valence-electron chi connectivity index (χ1n) is 27.5. The molecule has 2 saturated carbocycles. The number of piperidine rings is 2. The molecule has 0 spiro atoms. The number of rotatable bonds is 15. The highest BCUT2D eigenvalue weighted by Gasteiger charge is 2.46. The maximum atomic E-state index is 14.8. The molecule has 4 aromatic rings. The van der Waals surface area contributed by atoms with E-state index in [-0.39, 0.29) is 29.1 Å². The fourth-order valence-corrected chi connectivity index (χ4v) is 11.7. The Morgan fingerprint density at radius 2 is 1.26 bits per heavy atom. The summed E-state index contributed by atoms with van der Waals surface area (Å²) in [6.07, 6.45) is 17.3. The van der Waals surface area contributed by atoms with E-state index in [0.29, 0.717) is 18.1 Å². The number of carbonyl (C=O) groups is 2. The number of aryl methyl sites for hydroxylation is 2. The molecule has 5 fully saturated rings. The van der Waals surface area contributed by atoms with Crippen LogP contribution in [0, 0.1) is 30.6 Å². The van der Waals surface area contributed by atoms with E-state index in [2.05, 4.69) is 37.5 Å². The Kier molecular flexibility index (Phi) is 15.4. The maximum absolute atomic E-state index is 14.8. The minimum Gasteiger partial charge on any atom is -0.489 e. The van der Waals surface area contributed by atoms with Crippen LogP contribution >= 0.6 is 0 Å². The number of ether oxygens (including phenoxy) is 6. The molecular weight excluding hydrogens is 933 g/mol. The fraction of sp³-hybridized carbons (Fsp3) is 0.633. The van der Waals surface area contributed by atoms with E-state index >= 15 is 0 Å². The molecule has 3 aliphatic heterocycles. The average molecular weight is 1020 g/mol. The predicted octanol–water partition coefficient (Wildman–Crippen LogP) is 12.6. The lowest BCUT2D eigenvalue weighted by Gasteiger charge is -2.41. The van der Waals surface area contributed by atoms with Crippen molar-refractivity contribution >= 4 is 23.3 Å². The number of pyridine rings is 4. The number of hydrogen-bond acceptors (Lipinski definition) is 14. The standard InChI is InChI=1S/C60H82N6O8/c1-37(69-55(67)53(72-57(4,5)6)49-38(2)61-35-45(51(49)65-27-23-58(7,8)24-28-65)47-21-19-43(33-63-47)70-41-15-13-14-16-41)31-40-17-18-42(32-40)71-44-20-22-48(64-34-44)46-36-62-39(3)50(54-56(68)74-60(11,12)73-54)52(46)66-29-25-59(9,10)26-30-66/h19-22,33-37,40-42,53-54H,13-18,23-32H2,1-12H3/t37?,40-,42?,53-,54-/m0/s1. The molecule has 0 amide bonds.